The van der Waals surface area contributed by atoms with Crippen LogP contribution in [0.25, 0.3) is 22.1 Å². The van der Waals surface area contributed by atoms with E-state index in [1.165, 1.54) is 16.0 Å². The van der Waals surface area contributed by atoms with Crippen LogP contribution in [-0.4, -0.2) is 42.1 Å². The molecule has 6 rings (SSSR count). The highest BCUT2D eigenvalue weighted by atomic mass is 16.2. The second kappa shape index (κ2) is 6.86. The molecule has 5 nitrogen and oxygen atoms in total. The maximum absolute atomic E-state index is 14.0. The molecule has 3 heterocycles. The number of aromatic nitrogens is 2. The number of nitrogens with one attached hydrogen (secondary N) is 1. The number of nitrogens with zero attached hydrogens (tertiary/aromatic N) is 3. The van der Waals surface area contributed by atoms with Crippen molar-refractivity contribution in [1.29, 1.82) is 0 Å². The second-order valence-electron chi connectivity index (χ2n) is 9.00. The Bertz CT molecular complexity index is 1350. The van der Waals surface area contributed by atoms with E-state index in [0.717, 1.165) is 41.7 Å². The molecular formula is C26H25N4O+. The number of benzene rings is 3. The quantitative estimate of drug-likeness (QED) is 0.492. The van der Waals surface area contributed by atoms with Gasteiger partial charge in [-0.1, -0.05) is 35.9 Å². The average molecular weight is 410 g/mol. The van der Waals surface area contributed by atoms with Crippen molar-refractivity contribution in [3.05, 3.63) is 77.4 Å². The molecule has 2 aliphatic rings. The van der Waals surface area contributed by atoms with Crippen molar-refractivity contribution < 1.29 is 9.69 Å². The predicted octanol–water partition coefficient (Wildman–Crippen LogP) is 3.12. The lowest BCUT2D eigenvalue weighted by Crippen LogP contribution is -3.11. The Morgan fingerprint density at radius 1 is 1.00 bits per heavy atom. The zero-order chi connectivity index (χ0) is 21.1. The van der Waals surface area contributed by atoms with Gasteiger partial charge in [0.25, 0.3) is 5.91 Å². The summed E-state index contributed by atoms with van der Waals surface area (Å²) in [5, 5.41) is 0. The van der Waals surface area contributed by atoms with Crippen molar-refractivity contribution in [3.8, 4) is 0 Å². The van der Waals surface area contributed by atoms with Crippen LogP contribution in [0.5, 0.6) is 0 Å². The summed E-state index contributed by atoms with van der Waals surface area (Å²) in [6.45, 7) is 4.27. The number of likely N-dealkylation sites (tertiary alicyclic amines) is 1. The van der Waals surface area contributed by atoms with Crippen LogP contribution < -0.4 is 9.80 Å². The van der Waals surface area contributed by atoms with E-state index in [1.807, 2.05) is 42.5 Å². The maximum atomic E-state index is 14.0. The minimum absolute atomic E-state index is 0.0346. The first-order valence-corrected chi connectivity index (χ1v) is 11.0. The van der Waals surface area contributed by atoms with Gasteiger partial charge >= 0.3 is 0 Å². The van der Waals surface area contributed by atoms with Crippen LogP contribution >= 0.6 is 0 Å². The molecule has 0 spiro atoms. The molecule has 1 unspecified atom stereocenters. The first-order chi connectivity index (χ1) is 15.1. The number of carbonyl (C=O) groups excluding carboxylic acids is 1. The van der Waals surface area contributed by atoms with Gasteiger partial charge in [-0.25, -0.2) is 9.97 Å². The first kappa shape index (κ1) is 18.5. The molecule has 1 amide bonds. The molecule has 2 aliphatic heterocycles. The number of aryl methyl sites for hydroxylation is 1. The summed E-state index contributed by atoms with van der Waals surface area (Å²) < 4.78 is 0. The third-order valence-corrected chi connectivity index (χ3v) is 6.89. The summed E-state index contributed by atoms with van der Waals surface area (Å²) in [6.07, 6.45) is 1.01. The minimum Gasteiger partial charge on any atom is -0.337 e. The Balaban J connectivity index is 1.51. The lowest BCUT2D eigenvalue weighted by atomic mass is 9.88. The van der Waals surface area contributed by atoms with Crippen molar-refractivity contribution in [2.75, 3.05) is 25.0 Å². The molecule has 3 aromatic carbocycles. The van der Waals surface area contributed by atoms with Gasteiger partial charge in [-0.05, 0) is 42.8 Å². The molecule has 0 aliphatic carbocycles. The lowest BCUT2D eigenvalue weighted by molar-refractivity contribution is -0.886. The Kier molecular flexibility index (Phi) is 4.08. The molecule has 0 radical (unpaired) electrons. The summed E-state index contributed by atoms with van der Waals surface area (Å²) in [4.78, 5) is 27.2. The van der Waals surface area contributed by atoms with Crippen LogP contribution in [0.4, 0.5) is 5.69 Å². The predicted molar refractivity (Wildman–Crippen MR) is 123 cm³/mol. The summed E-state index contributed by atoms with van der Waals surface area (Å²) in [6, 6.07) is 20.3. The monoisotopic (exact) mass is 409 g/mol. The van der Waals surface area contributed by atoms with E-state index >= 15 is 0 Å². The van der Waals surface area contributed by atoms with Crippen molar-refractivity contribution in [3.63, 3.8) is 0 Å². The van der Waals surface area contributed by atoms with Crippen LogP contribution in [-0.2, 0) is 0 Å². The maximum Gasteiger partial charge on any atom is 0.260 e. The van der Waals surface area contributed by atoms with Crippen molar-refractivity contribution in [1.82, 2.24) is 9.97 Å². The zero-order valence-corrected chi connectivity index (χ0v) is 17.8. The number of rotatable bonds is 1. The van der Waals surface area contributed by atoms with Crippen LogP contribution in [0.3, 0.4) is 0 Å². The van der Waals surface area contributed by atoms with Crippen LogP contribution in [0, 0.1) is 6.92 Å². The highest BCUT2D eigenvalue weighted by Gasteiger charge is 2.46. The number of carbonyl (C=O) groups is 1. The second-order valence-corrected chi connectivity index (χ2v) is 9.00. The van der Waals surface area contributed by atoms with Crippen molar-refractivity contribution in [2.45, 2.75) is 25.3 Å². The Hall–Kier alpha value is -3.31. The molecule has 1 aromatic heterocycles. The van der Waals surface area contributed by atoms with E-state index in [9.17, 15) is 4.79 Å². The summed E-state index contributed by atoms with van der Waals surface area (Å²) in [7, 11) is 2.25. The smallest absolute Gasteiger partial charge is 0.260 e. The molecule has 1 N–H and O–H groups in total. The number of fused-ring (bicyclic) bond motifs is 5. The number of likely N-dealkylation sites (N-methyl/N-ethyl adjacent to an activating group) is 1. The Morgan fingerprint density at radius 3 is 2.61 bits per heavy atom. The highest BCUT2D eigenvalue weighted by molar-refractivity contribution is 6.14. The van der Waals surface area contributed by atoms with Gasteiger partial charge in [-0.2, -0.15) is 0 Å². The lowest BCUT2D eigenvalue weighted by Gasteiger charge is -2.34. The standard InChI is InChI=1S/C26H24N4O/c1-16-10-11-23-18(14-16)19-15-29(2)13-12-24(19)30(23)26(31)17-6-5-9-22-25(17)28-21-8-4-3-7-20(21)27-22/h3-11,14,19,24H,12-13,15H2,1-2H3/p+1/t19-,24+/m0/s1. The Morgan fingerprint density at radius 2 is 1.77 bits per heavy atom. The van der Waals surface area contributed by atoms with Crippen LogP contribution in [0.15, 0.2) is 60.7 Å². The van der Waals surface area contributed by atoms with Crippen LogP contribution in [0.1, 0.15) is 33.8 Å². The molecule has 0 bridgehead atoms. The van der Waals surface area contributed by atoms with E-state index in [0.29, 0.717) is 17.0 Å². The first-order valence-electron chi connectivity index (χ1n) is 11.0. The largest absolute Gasteiger partial charge is 0.337 e. The fraction of sp³-hybridized carbons (Fsp3) is 0.269. The van der Waals surface area contributed by atoms with Crippen molar-refractivity contribution in [2.24, 2.45) is 0 Å². The fourth-order valence-electron chi connectivity index (χ4n) is 5.41. The van der Waals surface area contributed by atoms with E-state index in [2.05, 4.69) is 37.1 Å². The third kappa shape index (κ3) is 2.84. The number of para-hydroxylation sites is 3. The molecule has 4 aromatic rings. The number of hydrogen-bond acceptors (Lipinski definition) is 3. The molecule has 3 atom stereocenters. The normalized spacial score (nSPS) is 22.5. The number of amides is 1. The average Bonchev–Trinajstić information content (AvgIpc) is 3.09. The molecule has 5 heteroatoms. The van der Waals surface area contributed by atoms with E-state index in [-0.39, 0.29) is 11.9 Å². The molecule has 154 valence electrons. The van der Waals surface area contributed by atoms with Crippen LogP contribution in [0.2, 0.25) is 0 Å². The summed E-state index contributed by atoms with van der Waals surface area (Å²) in [5.41, 5.74) is 7.36. The number of quaternary nitrogens is 1. The van der Waals surface area contributed by atoms with E-state index in [4.69, 9.17) is 9.97 Å². The van der Waals surface area contributed by atoms with Gasteiger partial charge in [0, 0.05) is 12.1 Å². The number of anilines is 1. The number of hydrogen-bond donors (Lipinski definition) is 1. The van der Waals surface area contributed by atoms with E-state index < -0.39 is 0 Å². The van der Waals surface area contributed by atoms with Gasteiger partial charge in [0.1, 0.15) is 5.52 Å². The molecule has 31 heavy (non-hydrogen) atoms. The third-order valence-electron chi connectivity index (χ3n) is 6.89. The molecular weight excluding hydrogens is 384 g/mol. The molecule has 0 saturated carbocycles. The number of piperidine rings is 1. The summed E-state index contributed by atoms with van der Waals surface area (Å²) >= 11 is 0. The highest BCUT2D eigenvalue weighted by Crippen LogP contribution is 2.44. The van der Waals surface area contributed by atoms with Gasteiger partial charge in [0.15, 0.2) is 0 Å². The van der Waals surface area contributed by atoms with Gasteiger partial charge in [-0.15, -0.1) is 0 Å². The van der Waals surface area contributed by atoms with Gasteiger partial charge in [0.2, 0.25) is 0 Å². The van der Waals surface area contributed by atoms with Gasteiger partial charge in [0.05, 0.1) is 54.2 Å². The van der Waals surface area contributed by atoms with Crippen molar-refractivity contribution >= 4 is 33.7 Å². The molecule has 1 fully saturated rings. The van der Waals surface area contributed by atoms with Gasteiger partial charge < -0.3 is 9.80 Å². The summed E-state index contributed by atoms with van der Waals surface area (Å²) in [5.74, 6) is 0.418. The topological polar surface area (TPSA) is 50.5 Å². The minimum atomic E-state index is 0.0346. The Labute approximate surface area is 181 Å². The molecule has 1 saturated heterocycles. The fourth-order valence-corrected chi connectivity index (χ4v) is 5.41. The van der Waals surface area contributed by atoms with Gasteiger partial charge in [-0.3, -0.25) is 4.79 Å². The SMILES string of the molecule is Cc1ccc2c(c1)[C@@H]1C[NH+](C)CC[C@H]1N2C(=O)c1cccc2nc3ccccc3nc12. The zero-order valence-electron chi connectivity index (χ0n) is 17.8. The van der Waals surface area contributed by atoms with E-state index in [1.54, 1.807) is 0 Å².